The standard InChI is InChI=1S/C20H18O4/c1-3-9-23-17-10-13(2)11-18-15(17)12-16(20(22)24-18)19(21)14-7-5-4-6-8-14/h4-8,10-12H,3,9H2,1-2H3. The molecule has 3 aromatic rings. The molecule has 4 heteroatoms. The van der Waals surface area contributed by atoms with Gasteiger partial charge in [-0.15, -0.1) is 0 Å². The van der Waals surface area contributed by atoms with E-state index in [-0.39, 0.29) is 11.3 Å². The van der Waals surface area contributed by atoms with E-state index in [1.165, 1.54) is 0 Å². The Labute approximate surface area is 139 Å². The summed E-state index contributed by atoms with van der Waals surface area (Å²) in [5.41, 5.74) is 1.18. The minimum atomic E-state index is -0.636. The van der Waals surface area contributed by atoms with E-state index < -0.39 is 5.63 Å². The van der Waals surface area contributed by atoms with E-state index in [0.29, 0.717) is 28.9 Å². The molecule has 0 unspecified atom stereocenters. The topological polar surface area (TPSA) is 56.5 Å². The third kappa shape index (κ3) is 3.08. The molecule has 0 aliphatic rings. The van der Waals surface area contributed by atoms with Crippen LogP contribution in [0.5, 0.6) is 5.75 Å². The van der Waals surface area contributed by atoms with Crippen LogP contribution in [0.2, 0.25) is 0 Å². The van der Waals surface area contributed by atoms with Gasteiger partial charge in [0.25, 0.3) is 0 Å². The Morgan fingerprint density at radius 1 is 1.12 bits per heavy atom. The molecule has 0 radical (unpaired) electrons. The SMILES string of the molecule is CCCOc1cc(C)cc2oc(=O)c(C(=O)c3ccccc3)cc12. The van der Waals surface area contributed by atoms with Crippen molar-refractivity contribution < 1.29 is 13.9 Å². The van der Waals surface area contributed by atoms with Crippen molar-refractivity contribution in [2.45, 2.75) is 20.3 Å². The summed E-state index contributed by atoms with van der Waals surface area (Å²) in [4.78, 5) is 24.9. The van der Waals surface area contributed by atoms with Crippen LogP contribution in [0.25, 0.3) is 11.0 Å². The second kappa shape index (κ2) is 6.71. The van der Waals surface area contributed by atoms with Gasteiger partial charge in [-0.05, 0) is 37.1 Å². The maximum atomic E-state index is 12.6. The molecule has 0 atom stereocenters. The lowest BCUT2D eigenvalue weighted by molar-refractivity contribution is 0.103. The van der Waals surface area contributed by atoms with Crippen molar-refractivity contribution in [2.24, 2.45) is 0 Å². The van der Waals surface area contributed by atoms with Crippen molar-refractivity contribution in [2.75, 3.05) is 6.61 Å². The number of aryl methyl sites for hydroxylation is 1. The maximum Gasteiger partial charge on any atom is 0.347 e. The summed E-state index contributed by atoms with van der Waals surface area (Å²) in [5, 5.41) is 0.632. The van der Waals surface area contributed by atoms with E-state index in [0.717, 1.165) is 12.0 Å². The van der Waals surface area contributed by atoms with Crippen LogP contribution in [0.1, 0.15) is 34.8 Å². The van der Waals surface area contributed by atoms with Crippen LogP contribution in [0.3, 0.4) is 0 Å². The second-order valence-electron chi connectivity index (χ2n) is 5.67. The highest BCUT2D eigenvalue weighted by atomic mass is 16.5. The zero-order valence-corrected chi connectivity index (χ0v) is 13.7. The molecule has 0 N–H and O–H groups in total. The Hall–Kier alpha value is -2.88. The molecule has 0 spiro atoms. The van der Waals surface area contributed by atoms with E-state index >= 15 is 0 Å². The maximum absolute atomic E-state index is 12.6. The number of ketones is 1. The van der Waals surface area contributed by atoms with Gasteiger partial charge in [-0.1, -0.05) is 37.3 Å². The summed E-state index contributed by atoms with van der Waals surface area (Å²) in [5.74, 6) is 0.269. The predicted octanol–water partition coefficient (Wildman–Crippen LogP) is 4.12. The number of fused-ring (bicyclic) bond motifs is 1. The summed E-state index contributed by atoms with van der Waals surface area (Å²) >= 11 is 0. The first-order chi connectivity index (χ1) is 11.6. The number of carbonyl (C=O) groups excluding carboxylic acids is 1. The molecule has 0 bridgehead atoms. The monoisotopic (exact) mass is 322 g/mol. The van der Waals surface area contributed by atoms with Crippen molar-refractivity contribution in [3.8, 4) is 5.75 Å². The van der Waals surface area contributed by atoms with Gasteiger partial charge in [0, 0.05) is 5.56 Å². The smallest absolute Gasteiger partial charge is 0.347 e. The number of rotatable bonds is 5. The average molecular weight is 322 g/mol. The van der Waals surface area contributed by atoms with Gasteiger partial charge < -0.3 is 9.15 Å². The molecule has 0 saturated carbocycles. The Balaban J connectivity index is 2.16. The zero-order chi connectivity index (χ0) is 17.1. The van der Waals surface area contributed by atoms with Crippen molar-refractivity contribution in [3.05, 3.63) is 75.6 Å². The Morgan fingerprint density at radius 3 is 2.58 bits per heavy atom. The van der Waals surface area contributed by atoms with Gasteiger partial charge in [0.05, 0.1) is 12.0 Å². The van der Waals surface area contributed by atoms with Crippen LogP contribution in [-0.2, 0) is 0 Å². The van der Waals surface area contributed by atoms with E-state index in [9.17, 15) is 9.59 Å². The average Bonchev–Trinajstić information content (AvgIpc) is 2.59. The Bertz CT molecular complexity index is 939. The van der Waals surface area contributed by atoms with E-state index in [2.05, 4.69) is 0 Å². The van der Waals surface area contributed by atoms with Gasteiger partial charge >= 0.3 is 5.63 Å². The molecule has 2 aromatic carbocycles. The van der Waals surface area contributed by atoms with Gasteiger partial charge in [0.15, 0.2) is 5.78 Å². The first kappa shape index (κ1) is 16.0. The highest BCUT2D eigenvalue weighted by molar-refractivity contribution is 6.10. The molecular formula is C20H18O4. The number of hydrogen-bond acceptors (Lipinski definition) is 4. The molecule has 0 fully saturated rings. The highest BCUT2D eigenvalue weighted by Crippen LogP contribution is 2.28. The molecule has 0 aliphatic heterocycles. The minimum absolute atomic E-state index is 0.0129. The largest absolute Gasteiger partial charge is 0.493 e. The summed E-state index contributed by atoms with van der Waals surface area (Å²) in [6, 6.07) is 13.9. The molecule has 122 valence electrons. The number of hydrogen-bond donors (Lipinski definition) is 0. The fourth-order valence-corrected chi connectivity index (χ4v) is 2.55. The van der Waals surface area contributed by atoms with Crippen LogP contribution < -0.4 is 10.4 Å². The van der Waals surface area contributed by atoms with Crippen molar-refractivity contribution in [1.82, 2.24) is 0 Å². The predicted molar refractivity (Wildman–Crippen MR) is 92.9 cm³/mol. The molecule has 0 aliphatic carbocycles. The fourth-order valence-electron chi connectivity index (χ4n) is 2.55. The fraction of sp³-hybridized carbons (Fsp3) is 0.200. The second-order valence-corrected chi connectivity index (χ2v) is 5.67. The van der Waals surface area contributed by atoms with Crippen LogP contribution in [0, 0.1) is 6.92 Å². The third-order valence-electron chi connectivity index (χ3n) is 3.70. The number of carbonyl (C=O) groups is 1. The summed E-state index contributed by atoms with van der Waals surface area (Å²) in [6.07, 6.45) is 0.863. The number of benzene rings is 2. The zero-order valence-electron chi connectivity index (χ0n) is 13.7. The summed E-state index contributed by atoms with van der Waals surface area (Å²) in [7, 11) is 0. The lowest BCUT2D eigenvalue weighted by Gasteiger charge is -2.10. The highest BCUT2D eigenvalue weighted by Gasteiger charge is 2.17. The summed E-state index contributed by atoms with van der Waals surface area (Å²) < 4.78 is 11.1. The molecule has 0 amide bonds. The van der Waals surface area contributed by atoms with Gasteiger partial charge in [0.1, 0.15) is 16.9 Å². The van der Waals surface area contributed by atoms with E-state index in [4.69, 9.17) is 9.15 Å². The molecule has 4 nitrogen and oxygen atoms in total. The lowest BCUT2D eigenvalue weighted by Crippen LogP contribution is -2.15. The normalized spacial score (nSPS) is 10.8. The van der Waals surface area contributed by atoms with Crippen LogP contribution in [-0.4, -0.2) is 12.4 Å². The molecular weight excluding hydrogens is 304 g/mol. The van der Waals surface area contributed by atoms with E-state index in [1.807, 2.05) is 26.0 Å². The van der Waals surface area contributed by atoms with Crippen LogP contribution in [0.15, 0.2) is 57.7 Å². The molecule has 3 rings (SSSR count). The van der Waals surface area contributed by atoms with Gasteiger partial charge in [0.2, 0.25) is 0 Å². The van der Waals surface area contributed by atoms with Gasteiger partial charge in [-0.3, -0.25) is 4.79 Å². The Kier molecular flexibility index (Phi) is 4.47. The first-order valence-electron chi connectivity index (χ1n) is 7.91. The van der Waals surface area contributed by atoms with Gasteiger partial charge in [-0.2, -0.15) is 0 Å². The van der Waals surface area contributed by atoms with Gasteiger partial charge in [-0.25, -0.2) is 4.79 Å². The van der Waals surface area contributed by atoms with Crippen molar-refractivity contribution in [1.29, 1.82) is 0 Å². The number of ether oxygens (including phenoxy) is 1. The van der Waals surface area contributed by atoms with Crippen molar-refractivity contribution >= 4 is 16.8 Å². The quantitative estimate of drug-likeness (QED) is 0.524. The molecule has 24 heavy (non-hydrogen) atoms. The summed E-state index contributed by atoms with van der Waals surface area (Å²) in [6.45, 7) is 4.48. The molecule has 1 aromatic heterocycles. The van der Waals surface area contributed by atoms with Crippen molar-refractivity contribution in [3.63, 3.8) is 0 Å². The minimum Gasteiger partial charge on any atom is -0.493 e. The van der Waals surface area contributed by atoms with E-state index in [1.54, 1.807) is 36.4 Å². The van der Waals surface area contributed by atoms with Crippen LogP contribution in [0.4, 0.5) is 0 Å². The Morgan fingerprint density at radius 2 is 1.88 bits per heavy atom. The van der Waals surface area contributed by atoms with Crippen LogP contribution >= 0.6 is 0 Å². The lowest BCUT2D eigenvalue weighted by atomic mass is 10.0. The molecule has 0 saturated heterocycles. The third-order valence-corrected chi connectivity index (χ3v) is 3.70. The first-order valence-corrected chi connectivity index (χ1v) is 7.91. The molecule has 1 heterocycles.